The molecule has 4 heteroatoms. The molecule has 0 spiro atoms. The fraction of sp³-hybridized carbons (Fsp3) is 0.500. The third-order valence-electron chi connectivity index (χ3n) is 3.63. The average molecular weight is 284 g/mol. The summed E-state index contributed by atoms with van der Waals surface area (Å²) in [6.07, 6.45) is 2.30. The van der Waals surface area contributed by atoms with Crippen molar-refractivity contribution in [2.24, 2.45) is 5.73 Å². The molecule has 0 atom stereocenters. The van der Waals surface area contributed by atoms with Crippen LogP contribution in [-0.2, 0) is 5.41 Å². The van der Waals surface area contributed by atoms with E-state index in [0.29, 0.717) is 13.3 Å². The van der Waals surface area contributed by atoms with Crippen molar-refractivity contribution in [2.45, 2.75) is 25.2 Å². The second kappa shape index (κ2) is 3.37. The number of benzene rings is 1. The van der Waals surface area contributed by atoms with Crippen LogP contribution in [-0.4, -0.2) is 13.3 Å². The van der Waals surface area contributed by atoms with E-state index in [1.54, 1.807) is 0 Å². The molecule has 0 bridgehead atoms. The van der Waals surface area contributed by atoms with E-state index in [1.165, 1.54) is 11.1 Å². The zero-order valence-corrected chi connectivity index (χ0v) is 10.8. The molecule has 1 fully saturated rings. The number of hydrogen-bond acceptors (Lipinski definition) is 3. The molecular weight excluding hydrogens is 270 g/mol. The summed E-state index contributed by atoms with van der Waals surface area (Å²) in [5.74, 6) is 1.75. The van der Waals surface area contributed by atoms with Crippen molar-refractivity contribution in [3.8, 4) is 11.5 Å². The van der Waals surface area contributed by atoms with E-state index in [4.69, 9.17) is 15.2 Å². The molecule has 3 nitrogen and oxygen atoms in total. The van der Waals surface area contributed by atoms with Gasteiger partial charge < -0.3 is 15.2 Å². The van der Waals surface area contributed by atoms with Gasteiger partial charge in [-0.3, -0.25) is 0 Å². The van der Waals surface area contributed by atoms with Crippen molar-refractivity contribution in [1.82, 2.24) is 0 Å². The van der Waals surface area contributed by atoms with Crippen LogP contribution in [0.2, 0.25) is 0 Å². The SMILES string of the molecule is Cc1c(Br)cc2c(c1C1(CN)CC1)OCO2. The standard InChI is InChI=1S/C12H14BrNO2/c1-7-8(13)4-9-11(16-6-15-9)10(7)12(5-14)2-3-12/h4H,2-3,5-6,14H2,1H3. The highest BCUT2D eigenvalue weighted by Crippen LogP contribution is 2.56. The lowest BCUT2D eigenvalue weighted by atomic mass is 9.90. The molecule has 0 amide bonds. The first-order valence-electron chi connectivity index (χ1n) is 5.47. The fourth-order valence-corrected chi connectivity index (χ4v) is 2.86. The number of nitrogens with two attached hydrogens (primary N) is 1. The van der Waals surface area contributed by atoms with Crippen LogP contribution in [0.25, 0.3) is 0 Å². The van der Waals surface area contributed by atoms with Gasteiger partial charge in [-0.25, -0.2) is 0 Å². The lowest BCUT2D eigenvalue weighted by Crippen LogP contribution is -2.21. The van der Waals surface area contributed by atoms with Crippen molar-refractivity contribution < 1.29 is 9.47 Å². The second-order valence-corrected chi connectivity index (χ2v) is 5.43. The van der Waals surface area contributed by atoms with Gasteiger partial charge in [0.1, 0.15) is 0 Å². The zero-order chi connectivity index (χ0) is 11.3. The predicted molar refractivity (Wildman–Crippen MR) is 65.0 cm³/mol. The van der Waals surface area contributed by atoms with E-state index in [9.17, 15) is 0 Å². The van der Waals surface area contributed by atoms with E-state index in [0.717, 1.165) is 28.8 Å². The number of ether oxygens (including phenoxy) is 2. The minimum atomic E-state index is 0.131. The van der Waals surface area contributed by atoms with E-state index in [2.05, 4.69) is 22.9 Å². The van der Waals surface area contributed by atoms with Gasteiger partial charge in [0.2, 0.25) is 6.79 Å². The summed E-state index contributed by atoms with van der Waals surface area (Å²) in [7, 11) is 0. The van der Waals surface area contributed by atoms with Crippen molar-refractivity contribution in [3.05, 3.63) is 21.7 Å². The van der Waals surface area contributed by atoms with Gasteiger partial charge in [-0.05, 0) is 31.4 Å². The Morgan fingerprint density at radius 2 is 2.19 bits per heavy atom. The molecule has 0 saturated heterocycles. The molecule has 1 aliphatic heterocycles. The van der Waals surface area contributed by atoms with Gasteiger partial charge in [-0.1, -0.05) is 15.9 Å². The molecule has 0 aromatic heterocycles. The van der Waals surface area contributed by atoms with Crippen LogP contribution in [0.15, 0.2) is 10.5 Å². The molecule has 0 unspecified atom stereocenters. The van der Waals surface area contributed by atoms with Crippen LogP contribution in [0.4, 0.5) is 0 Å². The van der Waals surface area contributed by atoms with Crippen molar-refractivity contribution >= 4 is 15.9 Å². The Hall–Kier alpha value is -0.740. The maximum atomic E-state index is 5.90. The maximum absolute atomic E-state index is 5.90. The lowest BCUT2D eigenvalue weighted by Gasteiger charge is -2.19. The highest BCUT2D eigenvalue weighted by atomic mass is 79.9. The number of rotatable bonds is 2. The van der Waals surface area contributed by atoms with Gasteiger partial charge in [0.05, 0.1) is 0 Å². The van der Waals surface area contributed by atoms with Crippen molar-refractivity contribution in [1.29, 1.82) is 0 Å². The summed E-state index contributed by atoms with van der Waals surface area (Å²) in [5, 5.41) is 0. The Kier molecular flexibility index (Phi) is 2.20. The largest absolute Gasteiger partial charge is 0.454 e. The summed E-state index contributed by atoms with van der Waals surface area (Å²) < 4.78 is 12.1. The second-order valence-electron chi connectivity index (χ2n) is 4.58. The molecule has 1 saturated carbocycles. The molecule has 1 aliphatic carbocycles. The van der Waals surface area contributed by atoms with E-state index in [1.807, 2.05) is 6.07 Å². The zero-order valence-electron chi connectivity index (χ0n) is 9.18. The minimum absolute atomic E-state index is 0.131. The van der Waals surface area contributed by atoms with E-state index in [-0.39, 0.29) is 5.41 Å². The van der Waals surface area contributed by atoms with Gasteiger partial charge >= 0.3 is 0 Å². The van der Waals surface area contributed by atoms with Gasteiger partial charge in [0.15, 0.2) is 11.5 Å². The Morgan fingerprint density at radius 3 is 2.81 bits per heavy atom. The monoisotopic (exact) mass is 283 g/mol. The fourth-order valence-electron chi connectivity index (χ4n) is 2.45. The summed E-state index contributed by atoms with van der Waals surface area (Å²) >= 11 is 3.57. The minimum Gasteiger partial charge on any atom is -0.454 e. The third-order valence-corrected chi connectivity index (χ3v) is 4.46. The molecule has 3 rings (SSSR count). The van der Waals surface area contributed by atoms with Crippen molar-refractivity contribution in [2.75, 3.05) is 13.3 Å². The van der Waals surface area contributed by atoms with Gasteiger partial charge in [-0.15, -0.1) is 0 Å². The molecule has 86 valence electrons. The van der Waals surface area contributed by atoms with Gasteiger partial charge in [0.25, 0.3) is 0 Å². The molecule has 2 N–H and O–H groups in total. The summed E-state index contributed by atoms with van der Waals surface area (Å²) in [4.78, 5) is 0. The lowest BCUT2D eigenvalue weighted by molar-refractivity contribution is 0.172. The summed E-state index contributed by atoms with van der Waals surface area (Å²) in [6.45, 7) is 3.11. The van der Waals surface area contributed by atoms with Crippen LogP contribution < -0.4 is 15.2 Å². The van der Waals surface area contributed by atoms with Crippen LogP contribution in [0, 0.1) is 6.92 Å². The molecule has 1 aromatic rings. The van der Waals surface area contributed by atoms with Crippen molar-refractivity contribution in [3.63, 3.8) is 0 Å². The first-order chi connectivity index (χ1) is 7.68. The molecule has 16 heavy (non-hydrogen) atoms. The normalized spacial score (nSPS) is 19.9. The molecule has 1 aromatic carbocycles. The summed E-state index contributed by atoms with van der Waals surface area (Å²) in [6, 6.07) is 1.98. The van der Waals surface area contributed by atoms with Gasteiger partial charge in [-0.2, -0.15) is 0 Å². The molecule has 1 heterocycles. The maximum Gasteiger partial charge on any atom is 0.231 e. The van der Waals surface area contributed by atoms with Crippen LogP contribution in [0.3, 0.4) is 0 Å². The Balaban J connectivity index is 2.23. The molecule has 0 radical (unpaired) electrons. The molecular formula is C12H14BrNO2. The van der Waals surface area contributed by atoms with Crippen LogP contribution >= 0.6 is 15.9 Å². The first-order valence-corrected chi connectivity index (χ1v) is 6.26. The summed E-state index contributed by atoms with van der Waals surface area (Å²) in [5.41, 5.74) is 8.51. The Morgan fingerprint density at radius 1 is 1.44 bits per heavy atom. The average Bonchev–Trinajstić information content (AvgIpc) is 2.93. The highest BCUT2D eigenvalue weighted by Gasteiger charge is 2.47. The number of halogens is 1. The van der Waals surface area contributed by atoms with Crippen LogP contribution in [0.5, 0.6) is 11.5 Å². The molecule has 2 aliphatic rings. The van der Waals surface area contributed by atoms with Gasteiger partial charge in [0, 0.05) is 22.0 Å². The smallest absolute Gasteiger partial charge is 0.231 e. The quantitative estimate of drug-likeness (QED) is 0.907. The third kappa shape index (κ3) is 1.29. The van der Waals surface area contributed by atoms with E-state index >= 15 is 0 Å². The van der Waals surface area contributed by atoms with E-state index < -0.39 is 0 Å². The Labute approximate surface area is 103 Å². The number of hydrogen-bond donors (Lipinski definition) is 1. The Bertz CT molecular complexity index is 455. The topological polar surface area (TPSA) is 44.5 Å². The van der Waals surface area contributed by atoms with Crippen LogP contribution in [0.1, 0.15) is 24.0 Å². The highest BCUT2D eigenvalue weighted by molar-refractivity contribution is 9.10. The first kappa shape index (κ1) is 10.4. The predicted octanol–water partition coefficient (Wildman–Crippen LogP) is 2.48. The number of fused-ring (bicyclic) bond motifs is 1.